The number of carbonyl (C=O) groups is 2. The fourth-order valence-electron chi connectivity index (χ4n) is 5.24. The summed E-state index contributed by atoms with van der Waals surface area (Å²) in [5, 5.41) is 12.3. The standard InChI is InChI=1S/C20H26N2O3/c23-17-6-7-20(18(17)14-4-2-1-3-5-14)8-10-22(11-9-20)15-12-16(19(24)25)21-13-15/h1-5,15-16,18,21H,6-13H2,(H,24,25)/t15-,16-,18?/m0/s1. The van der Waals surface area contributed by atoms with Gasteiger partial charge in [-0.3, -0.25) is 14.5 Å². The lowest BCUT2D eigenvalue weighted by atomic mass is 9.68. The molecule has 0 aromatic heterocycles. The lowest BCUT2D eigenvalue weighted by molar-refractivity contribution is -0.139. The predicted octanol–water partition coefficient (Wildman–Crippen LogP) is 2.03. The Bertz CT molecular complexity index is 652. The number of carboxylic acid groups (broad SMARTS) is 1. The fraction of sp³-hybridized carbons (Fsp3) is 0.600. The van der Waals surface area contributed by atoms with Crippen LogP contribution in [-0.2, 0) is 9.59 Å². The Morgan fingerprint density at radius 1 is 1.16 bits per heavy atom. The SMILES string of the molecule is O=C1CCC2(CCN([C@@H]3CN[C@H](C(=O)O)C3)CC2)C1c1ccccc1. The molecule has 3 atom stereocenters. The first-order valence-corrected chi connectivity index (χ1v) is 9.37. The van der Waals surface area contributed by atoms with Crippen LogP contribution in [0.2, 0.25) is 0 Å². The molecule has 4 rings (SSSR count). The summed E-state index contributed by atoms with van der Waals surface area (Å²) < 4.78 is 0. The van der Waals surface area contributed by atoms with Crippen molar-refractivity contribution >= 4 is 11.8 Å². The Labute approximate surface area is 148 Å². The summed E-state index contributed by atoms with van der Waals surface area (Å²) >= 11 is 0. The maximum atomic E-state index is 12.6. The number of nitrogens with zero attached hydrogens (tertiary/aromatic N) is 1. The van der Waals surface area contributed by atoms with Gasteiger partial charge in [-0.05, 0) is 49.8 Å². The molecule has 0 radical (unpaired) electrons. The molecule has 2 aliphatic heterocycles. The van der Waals surface area contributed by atoms with E-state index >= 15 is 0 Å². The van der Waals surface area contributed by atoms with Crippen LogP contribution in [0.3, 0.4) is 0 Å². The zero-order valence-electron chi connectivity index (χ0n) is 14.5. The van der Waals surface area contributed by atoms with Crippen molar-refractivity contribution in [3.8, 4) is 0 Å². The molecule has 3 fully saturated rings. The molecule has 1 spiro atoms. The zero-order valence-corrected chi connectivity index (χ0v) is 14.5. The van der Waals surface area contributed by atoms with E-state index in [1.54, 1.807) is 0 Å². The van der Waals surface area contributed by atoms with Gasteiger partial charge in [0.1, 0.15) is 11.8 Å². The van der Waals surface area contributed by atoms with Crippen molar-refractivity contribution in [2.75, 3.05) is 19.6 Å². The van der Waals surface area contributed by atoms with Crippen LogP contribution in [0, 0.1) is 5.41 Å². The summed E-state index contributed by atoms with van der Waals surface area (Å²) in [6.45, 7) is 2.69. The molecule has 2 N–H and O–H groups in total. The molecule has 2 heterocycles. The van der Waals surface area contributed by atoms with Crippen LogP contribution in [0.1, 0.15) is 43.6 Å². The molecule has 1 saturated carbocycles. The fourth-order valence-corrected chi connectivity index (χ4v) is 5.24. The normalized spacial score (nSPS) is 32.3. The summed E-state index contributed by atoms with van der Waals surface area (Å²) in [4.78, 5) is 26.2. The molecule has 5 nitrogen and oxygen atoms in total. The molecule has 2 saturated heterocycles. The molecule has 134 valence electrons. The number of rotatable bonds is 3. The van der Waals surface area contributed by atoms with Gasteiger partial charge in [0.15, 0.2) is 0 Å². The molecule has 0 amide bonds. The van der Waals surface area contributed by atoms with Crippen LogP contribution < -0.4 is 5.32 Å². The number of nitrogens with one attached hydrogen (secondary N) is 1. The Morgan fingerprint density at radius 3 is 2.52 bits per heavy atom. The number of likely N-dealkylation sites (tertiary alicyclic amines) is 1. The molecule has 1 aromatic carbocycles. The van der Waals surface area contributed by atoms with Crippen molar-refractivity contribution in [1.82, 2.24) is 10.2 Å². The molecule has 3 aliphatic rings. The van der Waals surface area contributed by atoms with Crippen molar-refractivity contribution in [3.63, 3.8) is 0 Å². The van der Waals surface area contributed by atoms with Gasteiger partial charge >= 0.3 is 5.97 Å². The summed E-state index contributed by atoms with van der Waals surface area (Å²) in [6, 6.07) is 10.2. The second-order valence-electron chi connectivity index (χ2n) is 7.90. The highest BCUT2D eigenvalue weighted by Gasteiger charge is 2.50. The molecular formula is C20H26N2O3. The number of carboxylic acids is 1. The highest BCUT2D eigenvalue weighted by molar-refractivity contribution is 5.89. The van der Waals surface area contributed by atoms with Crippen LogP contribution in [0.5, 0.6) is 0 Å². The highest BCUT2D eigenvalue weighted by Crippen LogP contribution is 2.53. The van der Waals surface area contributed by atoms with Crippen LogP contribution in [0.25, 0.3) is 0 Å². The largest absolute Gasteiger partial charge is 0.480 e. The third-order valence-corrected chi connectivity index (χ3v) is 6.65. The van der Waals surface area contributed by atoms with E-state index in [-0.39, 0.29) is 11.3 Å². The van der Waals surface area contributed by atoms with Gasteiger partial charge in [-0.2, -0.15) is 0 Å². The number of benzene rings is 1. The van der Waals surface area contributed by atoms with Crippen LogP contribution in [-0.4, -0.2) is 53.5 Å². The highest BCUT2D eigenvalue weighted by atomic mass is 16.4. The summed E-state index contributed by atoms with van der Waals surface area (Å²) in [5.41, 5.74) is 1.28. The van der Waals surface area contributed by atoms with Gasteiger partial charge in [-0.15, -0.1) is 0 Å². The number of piperidine rings is 1. The lowest BCUT2D eigenvalue weighted by Gasteiger charge is -2.44. The van der Waals surface area contributed by atoms with E-state index < -0.39 is 12.0 Å². The Morgan fingerprint density at radius 2 is 1.88 bits per heavy atom. The van der Waals surface area contributed by atoms with Gasteiger partial charge in [0.05, 0.1) is 0 Å². The van der Waals surface area contributed by atoms with Crippen molar-refractivity contribution in [3.05, 3.63) is 35.9 Å². The van der Waals surface area contributed by atoms with E-state index in [0.717, 1.165) is 38.9 Å². The van der Waals surface area contributed by atoms with Gasteiger partial charge in [0.25, 0.3) is 0 Å². The molecule has 1 unspecified atom stereocenters. The van der Waals surface area contributed by atoms with Gasteiger partial charge in [0, 0.05) is 24.9 Å². The number of ketones is 1. The molecule has 5 heteroatoms. The Kier molecular flexibility index (Phi) is 4.38. The zero-order chi connectivity index (χ0) is 17.4. The molecule has 1 aliphatic carbocycles. The van der Waals surface area contributed by atoms with Crippen molar-refractivity contribution in [2.24, 2.45) is 5.41 Å². The smallest absolute Gasteiger partial charge is 0.320 e. The van der Waals surface area contributed by atoms with Crippen LogP contribution in [0.15, 0.2) is 30.3 Å². The first-order chi connectivity index (χ1) is 12.1. The van der Waals surface area contributed by atoms with E-state index in [4.69, 9.17) is 5.11 Å². The first-order valence-electron chi connectivity index (χ1n) is 9.37. The Hall–Kier alpha value is -1.72. The van der Waals surface area contributed by atoms with Crippen molar-refractivity contribution in [2.45, 2.75) is 50.1 Å². The van der Waals surface area contributed by atoms with Gasteiger partial charge < -0.3 is 10.4 Å². The predicted molar refractivity (Wildman–Crippen MR) is 94.5 cm³/mol. The quantitative estimate of drug-likeness (QED) is 0.880. The monoisotopic (exact) mass is 342 g/mol. The van der Waals surface area contributed by atoms with Crippen LogP contribution >= 0.6 is 0 Å². The average Bonchev–Trinajstić information content (AvgIpc) is 3.23. The molecule has 0 bridgehead atoms. The second kappa shape index (κ2) is 6.54. The van der Waals surface area contributed by atoms with E-state index in [9.17, 15) is 9.59 Å². The van der Waals surface area contributed by atoms with E-state index in [0.29, 0.717) is 24.7 Å². The molecular weight excluding hydrogens is 316 g/mol. The lowest BCUT2D eigenvalue weighted by Crippen LogP contribution is -2.47. The Balaban J connectivity index is 1.45. The number of hydrogen-bond donors (Lipinski definition) is 2. The minimum Gasteiger partial charge on any atom is -0.480 e. The third-order valence-electron chi connectivity index (χ3n) is 6.65. The summed E-state index contributed by atoms with van der Waals surface area (Å²) in [5.74, 6) is -0.307. The third kappa shape index (κ3) is 3.00. The van der Waals surface area contributed by atoms with Gasteiger partial charge in [0.2, 0.25) is 0 Å². The van der Waals surface area contributed by atoms with Gasteiger partial charge in [-0.1, -0.05) is 30.3 Å². The van der Waals surface area contributed by atoms with Gasteiger partial charge in [-0.25, -0.2) is 0 Å². The average molecular weight is 342 g/mol. The number of carbonyl (C=O) groups excluding carboxylic acids is 1. The second-order valence-corrected chi connectivity index (χ2v) is 7.90. The van der Waals surface area contributed by atoms with E-state index in [1.165, 1.54) is 5.56 Å². The number of hydrogen-bond acceptors (Lipinski definition) is 4. The maximum Gasteiger partial charge on any atom is 0.320 e. The van der Waals surface area contributed by atoms with E-state index in [1.807, 2.05) is 18.2 Å². The number of aliphatic carboxylic acids is 1. The summed E-state index contributed by atoms with van der Waals surface area (Å²) in [6.07, 6.45) is 4.45. The first kappa shape index (κ1) is 16.7. The topological polar surface area (TPSA) is 69.6 Å². The minimum atomic E-state index is -0.749. The number of Topliss-reactive ketones (excluding diaryl/α,β-unsaturated/α-hetero) is 1. The van der Waals surface area contributed by atoms with E-state index in [2.05, 4.69) is 22.3 Å². The van der Waals surface area contributed by atoms with Crippen molar-refractivity contribution in [1.29, 1.82) is 0 Å². The summed E-state index contributed by atoms with van der Waals surface area (Å²) in [7, 11) is 0. The van der Waals surface area contributed by atoms with Crippen molar-refractivity contribution < 1.29 is 14.7 Å². The maximum absolute atomic E-state index is 12.6. The van der Waals surface area contributed by atoms with Crippen LogP contribution in [0.4, 0.5) is 0 Å². The minimum absolute atomic E-state index is 0.0457. The molecule has 25 heavy (non-hydrogen) atoms. The molecule has 1 aromatic rings.